The van der Waals surface area contributed by atoms with Crippen molar-refractivity contribution in [2.24, 2.45) is 0 Å². The van der Waals surface area contributed by atoms with Crippen LogP contribution in [-0.4, -0.2) is 52.2 Å². The number of amides is 2. The second kappa shape index (κ2) is 7.42. The number of carbonyl (C=O) groups excluding carboxylic acids is 4. The maximum absolute atomic E-state index is 13.5. The molecule has 1 aliphatic heterocycles. The highest BCUT2D eigenvalue weighted by molar-refractivity contribution is 6.43. The predicted molar refractivity (Wildman–Crippen MR) is 106 cm³/mol. The Labute approximate surface area is 178 Å². The summed E-state index contributed by atoms with van der Waals surface area (Å²) in [5.41, 5.74) is -1.40. The summed E-state index contributed by atoms with van der Waals surface area (Å²) in [4.78, 5) is 50.6. The third-order valence-electron chi connectivity index (χ3n) is 5.57. The van der Waals surface area contributed by atoms with Crippen LogP contribution < -0.4 is 10.6 Å². The van der Waals surface area contributed by atoms with Crippen LogP contribution in [-0.2, 0) is 27.3 Å². The molecule has 0 spiro atoms. The van der Waals surface area contributed by atoms with Gasteiger partial charge in [0.25, 0.3) is 17.6 Å². The van der Waals surface area contributed by atoms with Crippen molar-refractivity contribution >= 4 is 23.6 Å². The number of aromatic nitrogens is 1. The van der Waals surface area contributed by atoms with E-state index in [1.807, 2.05) is 0 Å². The first-order chi connectivity index (χ1) is 14.2. The fourth-order valence-corrected chi connectivity index (χ4v) is 4.37. The SMILES string of the molecule is CNC(=O)C1(NC(=O)C(=O)c2c(C)c(C(=O)OC(C)(C)C)c3n2CCC3)CC(F)(F)C1. The van der Waals surface area contributed by atoms with Crippen molar-refractivity contribution in [3.05, 3.63) is 22.5 Å². The molecule has 2 N–H and O–H groups in total. The molecule has 170 valence electrons. The average molecular weight is 439 g/mol. The molecule has 1 fully saturated rings. The molecule has 1 aromatic heterocycles. The van der Waals surface area contributed by atoms with E-state index in [2.05, 4.69) is 10.6 Å². The smallest absolute Gasteiger partial charge is 0.340 e. The van der Waals surface area contributed by atoms with Gasteiger partial charge in [-0.2, -0.15) is 0 Å². The van der Waals surface area contributed by atoms with Crippen molar-refractivity contribution in [1.29, 1.82) is 0 Å². The maximum Gasteiger partial charge on any atom is 0.340 e. The van der Waals surface area contributed by atoms with E-state index in [4.69, 9.17) is 4.74 Å². The molecule has 2 aliphatic rings. The van der Waals surface area contributed by atoms with Gasteiger partial charge in [-0.1, -0.05) is 0 Å². The average Bonchev–Trinajstić information content (AvgIpc) is 3.16. The molecule has 1 aliphatic carbocycles. The van der Waals surface area contributed by atoms with E-state index in [1.54, 1.807) is 32.3 Å². The third kappa shape index (κ3) is 4.07. The number of nitrogens with zero attached hydrogens (tertiary/aromatic N) is 1. The number of ether oxygens (including phenoxy) is 1. The van der Waals surface area contributed by atoms with E-state index in [0.29, 0.717) is 30.6 Å². The van der Waals surface area contributed by atoms with E-state index < -0.39 is 53.5 Å². The number of alkyl halides is 2. The number of nitrogens with one attached hydrogen (secondary N) is 2. The normalized spacial score (nSPS) is 18.5. The Bertz CT molecular complexity index is 967. The molecule has 0 radical (unpaired) electrons. The van der Waals surface area contributed by atoms with Crippen LogP contribution in [0.4, 0.5) is 8.78 Å². The van der Waals surface area contributed by atoms with Crippen LogP contribution in [0.15, 0.2) is 0 Å². The minimum atomic E-state index is -3.10. The Morgan fingerprint density at radius 3 is 2.26 bits per heavy atom. The number of Topliss-reactive ketones (excluding diaryl/α,β-unsaturated/α-hetero) is 1. The lowest BCUT2D eigenvalue weighted by Crippen LogP contribution is -2.69. The number of hydrogen-bond donors (Lipinski definition) is 2. The maximum atomic E-state index is 13.5. The molecular weight excluding hydrogens is 412 g/mol. The number of likely N-dealkylation sites (N-methyl/N-ethyl adjacent to an activating group) is 1. The summed E-state index contributed by atoms with van der Waals surface area (Å²) >= 11 is 0. The van der Waals surface area contributed by atoms with Crippen LogP contribution in [0.2, 0.25) is 0 Å². The van der Waals surface area contributed by atoms with Crippen LogP contribution in [0, 0.1) is 6.92 Å². The molecular formula is C21H27F2N3O5. The van der Waals surface area contributed by atoms with E-state index in [9.17, 15) is 28.0 Å². The second-order valence-electron chi connectivity index (χ2n) is 9.21. The van der Waals surface area contributed by atoms with Crippen molar-refractivity contribution in [1.82, 2.24) is 15.2 Å². The van der Waals surface area contributed by atoms with Gasteiger partial charge in [0, 0.05) is 32.1 Å². The topological polar surface area (TPSA) is 106 Å². The van der Waals surface area contributed by atoms with Gasteiger partial charge < -0.3 is 19.9 Å². The number of halogens is 2. The minimum Gasteiger partial charge on any atom is -0.456 e. The van der Waals surface area contributed by atoms with Crippen LogP contribution in [0.1, 0.15) is 72.1 Å². The number of esters is 1. The lowest BCUT2D eigenvalue weighted by molar-refractivity contribution is -0.164. The fraction of sp³-hybridized carbons (Fsp3) is 0.619. The molecule has 31 heavy (non-hydrogen) atoms. The number of fused-ring (bicyclic) bond motifs is 1. The molecule has 10 heteroatoms. The molecule has 0 unspecified atom stereocenters. The van der Waals surface area contributed by atoms with Gasteiger partial charge in [0.05, 0.1) is 11.3 Å². The van der Waals surface area contributed by atoms with Crippen LogP contribution >= 0.6 is 0 Å². The third-order valence-corrected chi connectivity index (χ3v) is 5.57. The number of hydrogen-bond acceptors (Lipinski definition) is 5. The largest absolute Gasteiger partial charge is 0.456 e. The van der Waals surface area contributed by atoms with Gasteiger partial charge in [-0.25, -0.2) is 13.6 Å². The summed E-state index contributed by atoms with van der Waals surface area (Å²) in [5, 5.41) is 4.48. The summed E-state index contributed by atoms with van der Waals surface area (Å²) in [7, 11) is 1.27. The summed E-state index contributed by atoms with van der Waals surface area (Å²) in [6.45, 7) is 7.16. The van der Waals surface area contributed by atoms with Crippen molar-refractivity contribution in [2.75, 3.05) is 7.05 Å². The Hall–Kier alpha value is -2.78. The molecule has 8 nitrogen and oxygen atoms in total. The van der Waals surface area contributed by atoms with Gasteiger partial charge in [-0.15, -0.1) is 0 Å². The van der Waals surface area contributed by atoms with Gasteiger partial charge in [0.1, 0.15) is 11.1 Å². The van der Waals surface area contributed by atoms with Gasteiger partial charge in [-0.05, 0) is 46.1 Å². The van der Waals surface area contributed by atoms with E-state index in [-0.39, 0.29) is 11.3 Å². The zero-order valence-corrected chi connectivity index (χ0v) is 18.3. The van der Waals surface area contributed by atoms with Gasteiger partial charge in [-0.3, -0.25) is 14.4 Å². The number of rotatable bonds is 5. The molecule has 1 aromatic rings. The molecule has 0 atom stereocenters. The standard InChI is InChI=1S/C21H27F2N3O5/c1-11-13(17(29)31-19(2,3)4)12-7-6-8-26(12)14(11)15(27)16(28)25-20(18(30)24-5)9-21(22,23)10-20/h6-10H2,1-5H3,(H,24,30)(H,25,28). The Balaban J connectivity index is 1.92. The predicted octanol–water partition coefficient (Wildman–Crippen LogP) is 1.91. The van der Waals surface area contributed by atoms with Crippen molar-refractivity contribution in [3.8, 4) is 0 Å². The van der Waals surface area contributed by atoms with Gasteiger partial charge in [0.15, 0.2) is 0 Å². The molecule has 2 heterocycles. The first-order valence-corrected chi connectivity index (χ1v) is 10.1. The molecule has 1 saturated carbocycles. The molecule has 0 bridgehead atoms. The molecule has 3 rings (SSSR count). The molecule has 0 aromatic carbocycles. The van der Waals surface area contributed by atoms with E-state index >= 15 is 0 Å². The Morgan fingerprint density at radius 2 is 1.74 bits per heavy atom. The second-order valence-corrected chi connectivity index (χ2v) is 9.21. The highest BCUT2D eigenvalue weighted by atomic mass is 19.3. The lowest BCUT2D eigenvalue weighted by atomic mass is 9.72. The van der Waals surface area contributed by atoms with Crippen LogP contribution in [0.3, 0.4) is 0 Å². The summed E-state index contributed by atoms with van der Waals surface area (Å²) < 4.78 is 34.1. The fourth-order valence-electron chi connectivity index (χ4n) is 4.37. The first kappa shape index (κ1) is 22.9. The van der Waals surface area contributed by atoms with Crippen molar-refractivity contribution in [2.45, 2.75) is 77.0 Å². The highest BCUT2D eigenvalue weighted by Crippen LogP contribution is 2.45. The zero-order chi connectivity index (χ0) is 23.4. The summed E-state index contributed by atoms with van der Waals surface area (Å²) in [6, 6.07) is 0. The first-order valence-electron chi connectivity index (χ1n) is 10.1. The van der Waals surface area contributed by atoms with E-state index in [0.717, 1.165) is 0 Å². The molecule has 2 amide bonds. The zero-order valence-electron chi connectivity index (χ0n) is 18.3. The van der Waals surface area contributed by atoms with Gasteiger partial charge in [0.2, 0.25) is 5.91 Å². The number of ketones is 1. The van der Waals surface area contributed by atoms with E-state index in [1.165, 1.54) is 7.05 Å². The quantitative estimate of drug-likeness (QED) is 0.414. The Kier molecular flexibility index (Phi) is 5.48. The number of carbonyl (C=O) groups is 4. The highest BCUT2D eigenvalue weighted by Gasteiger charge is 2.62. The Morgan fingerprint density at radius 1 is 1.13 bits per heavy atom. The van der Waals surface area contributed by atoms with Crippen molar-refractivity contribution in [3.63, 3.8) is 0 Å². The van der Waals surface area contributed by atoms with Crippen LogP contribution in [0.5, 0.6) is 0 Å². The minimum absolute atomic E-state index is 0.0176. The lowest BCUT2D eigenvalue weighted by Gasteiger charge is -2.45. The summed E-state index contributed by atoms with van der Waals surface area (Å²) in [5.74, 6) is -6.61. The van der Waals surface area contributed by atoms with Crippen molar-refractivity contribution < 1.29 is 32.7 Å². The van der Waals surface area contributed by atoms with Crippen LogP contribution in [0.25, 0.3) is 0 Å². The monoisotopic (exact) mass is 439 g/mol. The summed E-state index contributed by atoms with van der Waals surface area (Å²) in [6.07, 6.45) is -0.541. The van der Waals surface area contributed by atoms with Gasteiger partial charge >= 0.3 is 5.97 Å². The molecule has 0 saturated heterocycles.